The normalized spacial score (nSPS) is 14.8. The molecule has 0 fully saturated rings. The van der Waals surface area contributed by atoms with E-state index in [0.29, 0.717) is 5.71 Å². The van der Waals surface area contributed by atoms with Crippen LogP contribution in [-0.4, -0.2) is 23.4 Å². The van der Waals surface area contributed by atoms with Crippen molar-refractivity contribution in [2.75, 3.05) is 6.54 Å². The van der Waals surface area contributed by atoms with Crippen LogP contribution in [0.5, 0.6) is 0 Å². The zero-order valence-electron chi connectivity index (χ0n) is 33.6. The molecule has 6 aromatic rings. The molecule has 0 aliphatic carbocycles. The number of fused-ring (bicyclic) bond motifs is 3. The first-order valence-corrected chi connectivity index (χ1v) is 20.2. The number of hydrogen-bond acceptors (Lipinski definition) is 5. The Balaban J connectivity index is 1.10. The molecule has 1 aliphatic heterocycles. The molecule has 1 unspecified atom stereocenters. The maximum absolute atomic E-state index is 5.92. The van der Waals surface area contributed by atoms with E-state index in [2.05, 4.69) is 135 Å². The minimum absolute atomic E-state index is 0.195. The maximum Gasteiger partial charge on any atom is 0.227 e. The number of amidine groups is 1. The Morgan fingerprint density at radius 1 is 0.842 bits per heavy atom. The number of aliphatic imine (C=N–C) groups is 1. The number of aromatic nitrogens is 1. The van der Waals surface area contributed by atoms with E-state index in [9.17, 15) is 0 Å². The van der Waals surface area contributed by atoms with Gasteiger partial charge in [0.15, 0.2) is 0 Å². The number of benzene rings is 4. The highest BCUT2D eigenvalue weighted by atomic mass is 16.3. The molecule has 0 saturated heterocycles. The van der Waals surface area contributed by atoms with Crippen LogP contribution in [0.2, 0.25) is 0 Å². The van der Waals surface area contributed by atoms with Crippen LogP contribution in [0.3, 0.4) is 0 Å². The zero-order valence-corrected chi connectivity index (χ0v) is 33.6. The molecular weight excluding hydrogens is 697 g/mol. The standard InChI is InChI=1S/C52H52N4O/c1-7-15-38-23-24-43(33-47(38)45(10-4)36(6)53-28-8-2)40-19-12-18-39(31-40)41-20-13-21-44(32-41)51-54-30-27-49(56-51)35(5)16-11-17-37(9-3)42-25-26-50-48(34-42)46-22-14-29-55-52(46)57-50/h9,11-14,16-27,29-34,49,53H,3,5,7-8,10,15,28H2,1-2,4,6H3,(H,54,56)/b16-11-,37-17+,45-36+. The third-order valence-corrected chi connectivity index (χ3v) is 10.6. The summed E-state index contributed by atoms with van der Waals surface area (Å²) < 4.78 is 5.92. The molecule has 7 rings (SSSR count). The van der Waals surface area contributed by atoms with Gasteiger partial charge in [0.2, 0.25) is 5.71 Å². The second-order valence-corrected chi connectivity index (χ2v) is 14.5. The molecule has 1 aliphatic rings. The predicted octanol–water partition coefficient (Wildman–Crippen LogP) is 13.0. The van der Waals surface area contributed by atoms with Gasteiger partial charge in [0.25, 0.3) is 0 Å². The Kier molecular flexibility index (Phi) is 12.2. The second-order valence-electron chi connectivity index (χ2n) is 14.5. The average Bonchev–Trinajstić information content (AvgIpc) is 3.63. The molecule has 4 aromatic carbocycles. The van der Waals surface area contributed by atoms with Crippen molar-refractivity contribution in [2.45, 2.75) is 59.4 Å². The molecule has 286 valence electrons. The van der Waals surface area contributed by atoms with Crippen LogP contribution in [0, 0.1) is 0 Å². The Morgan fingerprint density at radius 3 is 2.33 bits per heavy atom. The van der Waals surface area contributed by atoms with Crippen molar-refractivity contribution in [2.24, 2.45) is 4.99 Å². The van der Waals surface area contributed by atoms with Crippen LogP contribution in [0.25, 0.3) is 55.5 Å². The van der Waals surface area contributed by atoms with E-state index < -0.39 is 0 Å². The molecule has 57 heavy (non-hydrogen) atoms. The van der Waals surface area contributed by atoms with Crippen LogP contribution in [0.15, 0.2) is 174 Å². The van der Waals surface area contributed by atoms with E-state index in [0.717, 1.165) is 87.8 Å². The highest BCUT2D eigenvalue weighted by molar-refractivity contribution is 6.05. The van der Waals surface area contributed by atoms with Crippen molar-refractivity contribution in [3.8, 4) is 22.3 Å². The summed E-state index contributed by atoms with van der Waals surface area (Å²) in [6.07, 6.45) is 18.0. The number of furan rings is 1. The molecule has 0 saturated carbocycles. The number of nitrogens with zero attached hydrogens (tertiary/aromatic N) is 2. The van der Waals surface area contributed by atoms with Crippen LogP contribution in [0.4, 0.5) is 0 Å². The molecule has 0 bridgehead atoms. The van der Waals surface area contributed by atoms with Crippen molar-refractivity contribution < 1.29 is 4.42 Å². The first-order chi connectivity index (χ1) is 27.9. The summed E-state index contributed by atoms with van der Waals surface area (Å²) in [5.74, 6) is 0.814. The lowest BCUT2D eigenvalue weighted by Gasteiger charge is -2.18. The molecular formula is C52H52N4O. The van der Waals surface area contributed by atoms with Gasteiger partial charge < -0.3 is 15.1 Å². The Morgan fingerprint density at radius 2 is 1.60 bits per heavy atom. The lowest BCUT2D eigenvalue weighted by molar-refractivity contribution is 0.654. The van der Waals surface area contributed by atoms with Crippen molar-refractivity contribution >= 4 is 39.1 Å². The Bertz CT molecular complexity index is 2590. The third kappa shape index (κ3) is 8.69. The van der Waals surface area contributed by atoms with E-state index in [4.69, 9.17) is 9.41 Å². The number of pyridine rings is 1. The topological polar surface area (TPSA) is 62.5 Å². The molecule has 3 heterocycles. The smallest absolute Gasteiger partial charge is 0.227 e. The largest absolute Gasteiger partial charge is 0.438 e. The fraction of sp³-hybridized carbons (Fsp3) is 0.192. The maximum atomic E-state index is 5.92. The summed E-state index contributed by atoms with van der Waals surface area (Å²) in [6, 6.07) is 34.4. The molecule has 1 atom stereocenters. The van der Waals surface area contributed by atoms with E-state index in [1.54, 1.807) is 6.20 Å². The Labute approximate surface area is 337 Å². The number of allylic oxidation sites excluding steroid dienone is 6. The van der Waals surface area contributed by atoms with Gasteiger partial charge in [0.05, 0.1) is 6.04 Å². The minimum atomic E-state index is -0.195. The molecule has 0 spiro atoms. The summed E-state index contributed by atoms with van der Waals surface area (Å²) >= 11 is 0. The highest BCUT2D eigenvalue weighted by Crippen LogP contribution is 2.34. The summed E-state index contributed by atoms with van der Waals surface area (Å²) in [7, 11) is 0. The average molecular weight is 749 g/mol. The van der Waals surface area contributed by atoms with Gasteiger partial charge in [-0.25, -0.2) is 4.98 Å². The first kappa shape index (κ1) is 38.8. The van der Waals surface area contributed by atoms with Gasteiger partial charge in [-0.1, -0.05) is 119 Å². The first-order valence-electron chi connectivity index (χ1n) is 20.2. The highest BCUT2D eigenvalue weighted by Gasteiger charge is 2.16. The number of aryl methyl sites for hydroxylation is 1. The van der Waals surface area contributed by atoms with Crippen molar-refractivity contribution in [3.05, 3.63) is 187 Å². The third-order valence-electron chi connectivity index (χ3n) is 10.6. The van der Waals surface area contributed by atoms with Crippen LogP contribution in [-0.2, 0) is 6.42 Å². The SMILES string of the molecule is C=C/C(=C\C=C/C(=C)C1C=CNC(c2cccc(-c3cccc(-c4ccc(CCC)c(/C(CC)=C(\C)NCCC)c4)c3)c2)=N1)c1ccc2oc3ncccc3c2c1. The summed E-state index contributed by atoms with van der Waals surface area (Å²) in [4.78, 5) is 9.44. The molecule has 5 nitrogen and oxygen atoms in total. The van der Waals surface area contributed by atoms with Crippen molar-refractivity contribution in [1.82, 2.24) is 15.6 Å². The van der Waals surface area contributed by atoms with Crippen LogP contribution < -0.4 is 10.6 Å². The van der Waals surface area contributed by atoms with E-state index in [1.165, 1.54) is 33.5 Å². The van der Waals surface area contributed by atoms with Gasteiger partial charge in [0.1, 0.15) is 11.4 Å². The molecule has 0 amide bonds. The number of nitrogens with one attached hydrogen (secondary N) is 2. The van der Waals surface area contributed by atoms with Crippen LogP contribution in [0.1, 0.15) is 69.2 Å². The van der Waals surface area contributed by atoms with Crippen molar-refractivity contribution in [1.29, 1.82) is 0 Å². The van der Waals surface area contributed by atoms with Gasteiger partial charge in [-0.2, -0.15) is 0 Å². The van der Waals surface area contributed by atoms with Gasteiger partial charge in [-0.05, 0) is 130 Å². The van der Waals surface area contributed by atoms with Crippen LogP contribution >= 0.6 is 0 Å². The monoisotopic (exact) mass is 748 g/mol. The van der Waals surface area contributed by atoms with Crippen molar-refractivity contribution in [3.63, 3.8) is 0 Å². The minimum Gasteiger partial charge on any atom is -0.438 e. The van der Waals surface area contributed by atoms with Gasteiger partial charge in [-0.15, -0.1) is 0 Å². The molecule has 0 radical (unpaired) electrons. The molecule has 5 heteroatoms. The summed E-state index contributed by atoms with van der Waals surface area (Å²) in [6.45, 7) is 18.4. The number of hydrogen-bond donors (Lipinski definition) is 2. The van der Waals surface area contributed by atoms with Gasteiger partial charge in [0, 0.05) is 41.0 Å². The van der Waals surface area contributed by atoms with Gasteiger partial charge in [-0.3, -0.25) is 4.99 Å². The fourth-order valence-electron chi connectivity index (χ4n) is 7.57. The lowest BCUT2D eigenvalue weighted by atomic mass is 9.89. The van der Waals surface area contributed by atoms with Gasteiger partial charge >= 0.3 is 0 Å². The van der Waals surface area contributed by atoms with E-state index in [1.807, 2.05) is 54.8 Å². The Hall–Kier alpha value is -6.46. The van der Waals surface area contributed by atoms with E-state index >= 15 is 0 Å². The fourth-order valence-corrected chi connectivity index (χ4v) is 7.57. The molecule has 2 N–H and O–H groups in total. The summed E-state index contributed by atoms with van der Waals surface area (Å²) in [5, 5.41) is 9.07. The molecule has 2 aromatic heterocycles. The number of rotatable bonds is 15. The zero-order chi connectivity index (χ0) is 39.7. The quantitative estimate of drug-likeness (QED) is 0.103. The predicted molar refractivity (Wildman–Crippen MR) is 243 cm³/mol. The summed E-state index contributed by atoms with van der Waals surface area (Å²) in [5.41, 5.74) is 15.6. The van der Waals surface area contributed by atoms with E-state index in [-0.39, 0.29) is 6.04 Å². The lowest BCUT2D eigenvalue weighted by Crippen LogP contribution is -2.26. The second kappa shape index (κ2) is 18.0.